The van der Waals surface area contributed by atoms with Crippen LogP contribution in [0, 0.1) is 5.92 Å². The van der Waals surface area contributed by atoms with Crippen molar-refractivity contribution < 1.29 is 29.3 Å². The van der Waals surface area contributed by atoms with E-state index in [1.54, 1.807) is 47.4 Å². The number of aromatic carboxylic acids is 1. The van der Waals surface area contributed by atoms with Gasteiger partial charge in [-0.1, -0.05) is 19.1 Å². The van der Waals surface area contributed by atoms with E-state index in [9.17, 15) is 19.5 Å². The topological polar surface area (TPSA) is 123 Å². The SMILES string of the molecule is C[C@@H]1CN([C@H](C)CO)C(=O)c2cc(NC(=O)CCCN(C)C)ccc2O[C@H]1CN(C)Cc1ccc(C(=O)O)cc1. The lowest BCUT2D eigenvalue weighted by Gasteiger charge is -2.38. The normalized spacial score (nSPS) is 18.1. The number of aliphatic hydroxyl groups excluding tert-OH is 1. The highest BCUT2D eigenvalue weighted by molar-refractivity contribution is 6.00. The van der Waals surface area contributed by atoms with Gasteiger partial charge in [0.2, 0.25) is 5.91 Å². The molecule has 0 aliphatic carbocycles. The second kappa shape index (κ2) is 14.2. The number of rotatable bonds is 12. The van der Waals surface area contributed by atoms with E-state index in [1.807, 2.05) is 39.9 Å². The van der Waals surface area contributed by atoms with Crippen LogP contribution in [0.15, 0.2) is 42.5 Å². The molecule has 10 nitrogen and oxygen atoms in total. The van der Waals surface area contributed by atoms with Gasteiger partial charge in [-0.15, -0.1) is 0 Å². The van der Waals surface area contributed by atoms with E-state index >= 15 is 0 Å². The molecule has 3 N–H and O–H groups in total. The molecule has 10 heteroatoms. The molecule has 218 valence electrons. The van der Waals surface area contributed by atoms with Gasteiger partial charge in [0, 0.05) is 37.7 Å². The Balaban J connectivity index is 1.80. The van der Waals surface area contributed by atoms with Crippen molar-refractivity contribution >= 4 is 23.5 Å². The molecule has 3 atom stereocenters. The van der Waals surface area contributed by atoms with Crippen molar-refractivity contribution in [3.05, 3.63) is 59.2 Å². The molecule has 0 saturated heterocycles. The molecule has 0 unspecified atom stereocenters. The maximum atomic E-state index is 13.6. The third-order valence-corrected chi connectivity index (χ3v) is 7.10. The fraction of sp³-hybridized carbons (Fsp3) is 0.500. The average molecular weight is 555 g/mol. The smallest absolute Gasteiger partial charge is 0.335 e. The zero-order valence-electron chi connectivity index (χ0n) is 24.1. The first-order valence-electron chi connectivity index (χ1n) is 13.7. The summed E-state index contributed by atoms with van der Waals surface area (Å²) in [4.78, 5) is 43.1. The molecule has 1 heterocycles. The predicted molar refractivity (Wildman–Crippen MR) is 154 cm³/mol. The van der Waals surface area contributed by atoms with Crippen molar-refractivity contribution in [2.45, 2.75) is 45.4 Å². The minimum Gasteiger partial charge on any atom is -0.488 e. The van der Waals surface area contributed by atoms with Crippen LogP contribution in [0.25, 0.3) is 0 Å². The van der Waals surface area contributed by atoms with Crippen LogP contribution in [0.2, 0.25) is 0 Å². The maximum Gasteiger partial charge on any atom is 0.335 e. The van der Waals surface area contributed by atoms with Crippen molar-refractivity contribution in [3.63, 3.8) is 0 Å². The van der Waals surface area contributed by atoms with Crippen LogP contribution < -0.4 is 10.1 Å². The molecular weight excluding hydrogens is 512 g/mol. The Bertz CT molecular complexity index is 1170. The van der Waals surface area contributed by atoms with Gasteiger partial charge < -0.3 is 30.1 Å². The first kappa shape index (κ1) is 31.1. The highest BCUT2D eigenvalue weighted by Crippen LogP contribution is 2.31. The number of fused-ring (bicyclic) bond motifs is 1. The molecule has 0 radical (unpaired) electrons. The maximum absolute atomic E-state index is 13.6. The van der Waals surface area contributed by atoms with Gasteiger partial charge in [0.15, 0.2) is 0 Å². The lowest BCUT2D eigenvalue weighted by molar-refractivity contribution is -0.116. The average Bonchev–Trinajstić information content (AvgIpc) is 2.90. The summed E-state index contributed by atoms with van der Waals surface area (Å²) in [5, 5.41) is 21.9. The van der Waals surface area contributed by atoms with Crippen molar-refractivity contribution in [1.29, 1.82) is 0 Å². The lowest BCUT2D eigenvalue weighted by Crippen LogP contribution is -2.49. The number of carboxylic acids is 1. The van der Waals surface area contributed by atoms with E-state index in [2.05, 4.69) is 10.2 Å². The highest BCUT2D eigenvalue weighted by Gasteiger charge is 2.33. The molecule has 2 amide bonds. The number of likely N-dealkylation sites (N-methyl/N-ethyl adjacent to an activating group) is 1. The Morgan fingerprint density at radius 2 is 1.85 bits per heavy atom. The monoisotopic (exact) mass is 554 g/mol. The van der Waals surface area contributed by atoms with Gasteiger partial charge in [0.25, 0.3) is 5.91 Å². The number of carbonyl (C=O) groups excluding carboxylic acids is 2. The standard InChI is InChI=1S/C30H42N4O6/c1-20-16-34(21(2)19-35)29(37)25-15-24(31-28(36)7-6-14-32(3)4)12-13-26(25)40-27(20)18-33(5)17-22-8-10-23(11-9-22)30(38)39/h8-13,15,20-21,27,35H,6-7,14,16-19H2,1-5H3,(H,31,36)(H,38,39)/t20-,21-,27+/m1/s1. The fourth-order valence-electron chi connectivity index (χ4n) is 4.73. The third kappa shape index (κ3) is 8.51. The number of ether oxygens (including phenoxy) is 1. The van der Waals surface area contributed by atoms with Crippen LogP contribution in [0.4, 0.5) is 5.69 Å². The lowest BCUT2D eigenvalue weighted by atomic mass is 9.99. The Kier molecular flexibility index (Phi) is 11.1. The predicted octanol–water partition coefficient (Wildman–Crippen LogP) is 3.02. The van der Waals surface area contributed by atoms with Crippen LogP contribution in [-0.2, 0) is 11.3 Å². The largest absolute Gasteiger partial charge is 0.488 e. The fourth-order valence-corrected chi connectivity index (χ4v) is 4.73. The number of carbonyl (C=O) groups is 3. The van der Waals surface area contributed by atoms with E-state index in [0.717, 1.165) is 18.5 Å². The molecule has 0 saturated carbocycles. The van der Waals surface area contributed by atoms with Crippen LogP contribution >= 0.6 is 0 Å². The minimum absolute atomic E-state index is 0.0426. The van der Waals surface area contributed by atoms with Crippen molar-refractivity contribution in [3.8, 4) is 5.75 Å². The number of nitrogens with zero attached hydrogens (tertiary/aromatic N) is 3. The Hall–Kier alpha value is -3.47. The highest BCUT2D eigenvalue weighted by atomic mass is 16.5. The molecule has 1 aliphatic heterocycles. The number of anilines is 1. The van der Waals surface area contributed by atoms with Gasteiger partial charge in [-0.2, -0.15) is 0 Å². The number of benzene rings is 2. The number of hydrogen-bond donors (Lipinski definition) is 3. The Labute approximate surface area is 236 Å². The quantitative estimate of drug-likeness (QED) is 0.366. The zero-order valence-corrected chi connectivity index (χ0v) is 24.1. The minimum atomic E-state index is -0.960. The van der Waals surface area contributed by atoms with Gasteiger partial charge in [-0.3, -0.25) is 14.5 Å². The summed E-state index contributed by atoms with van der Waals surface area (Å²) in [6, 6.07) is 11.5. The molecule has 2 aromatic rings. The van der Waals surface area contributed by atoms with E-state index in [4.69, 9.17) is 9.84 Å². The number of aliphatic hydroxyl groups is 1. The summed E-state index contributed by atoms with van der Waals surface area (Å²) in [5.41, 5.74) is 2.08. The number of amides is 2. The van der Waals surface area contributed by atoms with E-state index in [0.29, 0.717) is 43.1 Å². The van der Waals surface area contributed by atoms with Crippen molar-refractivity contribution in [2.75, 3.05) is 52.7 Å². The first-order valence-corrected chi connectivity index (χ1v) is 13.7. The molecular formula is C30H42N4O6. The summed E-state index contributed by atoms with van der Waals surface area (Å²) < 4.78 is 6.44. The van der Waals surface area contributed by atoms with Gasteiger partial charge >= 0.3 is 5.97 Å². The molecule has 0 aromatic heterocycles. The second-order valence-electron chi connectivity index (χ2n) is 11.0. The molecule has 0 spiro atoms. The van der Waals surface area contributed by atoms with Crippen LogP contribution in [0.5, 0.6) is 5.75 Å². The number of hydrogen-bond acceptors (Lipinski definition) is 7. The third-order valence-electron chi connectivity index (χ3n) is 7.10. The van der Waals surface area contributed by atoms with Gasteiger partial charge in [0.1, 0.15) is 11.9 Å². The van der Waals surface area contributed by atoms with Gasteiger partial charge in [-0.25, -0.2) is 4.79 Å². The van der Waals surface area contributed by atoms with Crippen LogP contribution in [-0.4, -0.2) is 102 Å². The number of nitrogens with one attached hydrogen (secondary N) is 1. The van der Waals surface area contributed by atoms with E-state index < -0.39 is 12.0 Å². The summed E-state index contributed by atoms with van der Waals surface area (Å²) in [6.45, 7) is 6.01. The summed E-state index contributed by atoms with van der Waals surface area (Å²) in [6.07, 6.45) is 0.831. The second-order valence-corrected chi connectivity index (χ2v) is 11.0. The van der Waals surface area contributed by atoms with Gasteiger partial charge in [0.05, 0.1) is 23.8 Å². The zero-order chi connectivity index (χ0) is 29.4. The van der Waals surface area contributed by atoms with Crippen molar-refractivity contribution in [1.82, 2.24) is 14.7 Å². The van der Waals surface area contributed by atoms with Gasteiger partial charge in [-0.05, 0) is 76.9 Å². The Morgan fingerprint density at radius 3 is 2.48 bits per heavy atom. The number of carboxylic acid groups (broad SMARTS) is 1. The molecule has 1 aliphatic rings. The van der Waals surface area contributed by atoms with E-state index in [-0.39, 0.29) is 36.0 Å². The summed E-state index contributed by atoms with van der Waals surface area (Å²) in [5.74, 6) is -0.942. The molecule has 40 heavy (non-hydrogen) atoms. The van der Waals surface area contributed by atoms with Crippen LogP contribution in [0.1, 0.15) is 53.0 Å². The van der Waals surface area contributed by atoms with E-state index in [1.165, 1.54) is 0 Å². The van der Waals surface area contributed by atoms with Crippen LogP contribution in [0.3, 0.4) is 0 Å². The molecule has 2 aromatic carbocycles. The first-order chi connectivity index (χ1) is 19.0. The Morgan fingerprint density at radius 1 is 1.15 bits per heavy atom. The molecule has 3 rings (SSSR count). The van der Waals surface area contributed by atoms with Crippen molar-refractivity contribution in [2.24, 2.45) is 5.92 Å². The summed E-state index contributed by atoms with van der Waals surface area (Å²) >= 11 is 0. The summed E-state index contributed by atoms with van der Waals surface area (Å²) in [7, 11) is 5.89. The molecule has 0 bridgehead atoms. The molecule has 0 fully saturated rings.